The lowest BCUT2D eigenvalue weighted by Gasteiger charge is -2.26. The van der Waals surface area contributed by atoms with Crippen LogP contribution in [0.3, 0.4) is 0 Å². The van der Waals surface area contributed by atoms with E-state index in [4.69, 9.17) is 4.74 Å². The Kier molecular flexibility index (Phi) is 4.83. The van der Waals surface area contributed by atoms with Gasteiger partial charge < -0.3 is 9.30 Å². The Morgan fingerprint density at radius 2 is 2.20 bits per heavy atom. The molecule has 0 aromatic carbocycles. The fraction of sp³-hybridized carbons (Fsp3) is 0.429. The molecule has 6 heteroatoms. The van der Waals surface area contributed by atoms with Crippen molar-refractivity contribution in [3.63, 3.8) is 0 Å². The van der Waals surface area contributed by atoms with Crippen molar-refractivity contribution in [2.24, 2.45) is 0 Å². The number of hydrogen-bond donors (Lipinski definition) is 0. The summed E-state index contributed by atoms with van der Waals surface area (Å²) in [5.74, 6) is 0. The van der Waals surface area contributed by atoms with E-state index in [1.54, 1.807) is 6.20 Å². The second-order valence-corrected chi connectivity index (χ2v) is 12.7. The molecule has 107 valence electrons. The van der Waals surface area contributed by atoms with Crippen LogP contribution in [0, 0.1) is 14.9 Å². The molecular weight excluding hydrogens is 381 g/mol. The van der Waals surface area contributed by atoms with Crippen molar-refractivity contribution in [3.05, 3.63) is 27.6 Å². The predicted molar refractivity (Wildman–Crippen MR) is 91.3 cm³/mol. The highest BCUT2D eigenvalue weighted by atomic mass is 127. The normalized spacial score (nSPS) is 11.8. The molecule has 0 saturated carbocycles. The second kappa shape index (κ2) is 6.24. The first-order valence-corrected chi connectivity index (χ1v) is 11.3. The molecule has 0 atom stereocenters. The molecule has 2 aromatic rings. The van der Waals surface area contributed by atoms with Crippen LogP contribution < -0.4 is 0 Å². The molecule has 0 unspecified atom stereocenters. The van der Waals surface area contributed by atoms with Crippen molar-refractivity contribution in [1.29, 1.82) is 5.26 Å². The van der Waals surface area contributed by atoms with Crippen LogP contribution in [0.5, 0.6) is 0 Å². The van der Waals surface area contributed by atoms with Gasteiger partial charge in [0.05, 0.1) is 10.9 Å². The van der Waals surface area contributed by atoms with Crippen molar-refractivity contribution in [1.82, 2.24) is 9.55 Å². The average Bonchev–Trinajstić information content (AvgIpc) is 2.73. The van der Waals surface area contributed by atoms with E-state index in [-0.39, 0.29) is 0 Å². The molecule has 0 amide bonds. The number of rotatable bonds is 5. The van der Waals surface area contributed by atoms with Gasteiger partial charge in [0.15, 0.2) is 0 Å². The van der Waals surface area contributed by atoms with E-state index in [0.717, 1.165) is 27.3 Å². The third-order valence-electron chi connectivity index (χ3n) is 3.05. The third-order valence-corrected chi connectivity index (χ3v) is 5.66. The maximum absolute atomic E-state index is 9.22. The summed E-state index contributed by atoms with van der Waals surface area (Å²) in [5.41, 5.74) is 1.48. The first-order valence-electron chi connectivity index (χ1n) is 6.53. The van der Waals surface area contributed by atoms with Crippen LogP contribution in [-0.4, -0.2) is 24.2 Å². The zero-order valence-corrected chi connectivity index (χ0v) is 15.1. The summed E-state index contributed by atoms with van der Waals surface area (Å²) in [6.45, 7) is 8.22. The number of aromatic nitrogens is 2. The number of hydrogen-bond acceptors (Lipinski definition) is 3. The Hall–Kier alpha value is -0.913. The van der Waals surface area contributed by atoms with Crippen molar-refractivity contribution >= 4 is 41.7 Å². The summed E-state index contributed by atoms with van der Waals surface area (Å²) in [6, 6.07) is 5.29. The number of halogens is 1. The molecular formula is C14H18IN3OSi-. The molecule has 0 aliphatic rings. The molecule has 0 bridgehead atoms. The summed E-state index contributed by atoms with van der Waals surface area (Å²) < 4.78 is 8.71. The Balaban J connectivity index is 2.15. The Morgan fingerprint density at radius 3 is 2.85 bits per heavy atom. The van der Waals surface area contributed by atoms with E-state index in [1.807, 2.05) is 16.8 Å². The van der Waals surface area contributed by atoms with E-state index in [2.05, 4.69) is 53.3 Å². The largest absolute Gasteiger partial charge is 0.364 e. The van der Waals surface area contributed by atoms with Gasteiger partial charge in [0.2, 0.25) is 0 Å². The number of nitriles is 1. The lowest BCUT2D eigenvalue weighted by Crippen LogP contribution is -2.22. The van der Waals surface area contributed by atoms with E-state index < -0.39 is 8.07 Å². The van der Waals surface area contributed by atoms with Gasteiger partial charge in [0.25, 0.3) is 0 Å². The molecule has 0 radical (unpaired) electrons. The molecule has 0 N–H and O–H groups in total. The van der Waals surface area contributed by atoms with Crippen LogP contribution in [-0.2, 0) is 11.5 Å². The van der Waals surface area contributed by atoms with Gasteiger partial charge in [-0.2, -0.15) is 24.9 Å². The summed E-state index contributed by atoms with van der Waals surface area (Å²) in [5, 5.41) is 10.1. The quantitative estimate of drug-likeness (QED) is 0.436. The second-order valence-electron chi connectivity index (χ2n) is 5.96. The predicted octanol–water partition coefficient (Wildman–Crippen LogP) is 3.82. The van der Waals surface area contributed by atoms with Gasteiger partial charge in [-0.3, -0.25) is 0 Å². The molecule has 2 rings (SSSR count). The number of pyridine rings is 1. The van der Waals surface area contributed by atoms with E-state index in [0.29, 0.717) is 12.3 Å². The van der Waals surface area contributed by atoms with Crippen molar-refractivity contribution in [3.8, 4) is 6.07 Å². The maximum Gasteiger partial charge on any atom is 0.144 e. The molecule has 0 saturated heterocycles. The molecule has 2 heterocycles. The third kappa shape index (κ3) is 3.59. The number of ether oxygens (including phenoxy) is 1. The highest BCUT2D eigenvalue weighted by molar-refractivity contribution is 14.1. The molecule has 0 aliphatic heterocycles. The minimum Gasteiger partial charge on any atom is -0.364 e. The minimum absolute atomic E-state index is 0.454. The molecule has 0 spiro atoms. The smallest absolute Gasteiger partial charge is 0.144 e. The first-order chi connectivity index (χ1) is 9.42. The molecule has 4 nitrogen and oxygen atoms in total. The number of nitrogens with zero attached hydrogens (tertiary/aromatic N) is 3. The molecule has 0 aliphatic carbocycles. The Labute approximate surface area is 133 Å². The van der Waals surface area contributed by atoms with Gasteiger partial charge in [0, 0.05) is 22.6 Å². The van der Waals surface area contributed by atoms with Crippen LogP contribution in [0.25, 0.3) is 11.0 Å². The van der Waals surface area contributed by atoms with Gasteiger partial charge in [0.1, 0.15) is 18.4 Å². The van der Waals surface area contributed by atoms with E-state index >= 15 is 0 Å². The van der Waals surface area contributed by atoms with Gasteiger partial charge in [-0.15, -0.1) is 14.1 Å². The van der Waals surface area contributed by atoms with Gasteiger partial charge >= 0.3 is 0 Å². The average molecular weight is 399 g/mol. The fourth-order valence-corrected chi connectivity index (χ4v) is 3.35. The lowest BCUT2D eigenvalue weighted by molar-refractivity contribution is 0.0898. The summed E-state index contributed by atoms with van der Waals surface area (Å²) >= 11 is 2.24. The SMILES string of the molecule is C[Si-](C)(C)CCOCn1cc(C#N)c2c(I)ccnc21. The van der Waals surface area contributed by atoms with Crippen LogP contribution in [0.1, 0.15) is 5.56 Å². The standard InChI is InChI=1S/C14H18IN3OSi/c1-20(2,3)7-6-19-10-18-9-11(8-16)13-12(15)4-5-17-14(13)18/h4-5,9H,6-7,10H2,1-3H3/q-1. The van der Waals surface area contributed by atoms with Crippen LogP contribution >= 0.6 is 22.6 Å². The van der Waals surface area contributed by atoms with Gasteiger partial charge in [-0.1, -0.05) is 0 Å². The van der Waals surface area contributed by atoms with Crippen molar-refractivity contribution in [2.75, 3.05) is 6.61 Å². The lowest BCUT2D eigenvalue weighted by atomic mass is 10.2. The minimum atomic E-state index is -1.06. The Morgan fingerprint density at radius 1 is 1.45 bits per heavy atom. The highest BCUT2D eigenvalue weighted by Gasteiger charge is 2.12. The molecule has 2 aromatic heterocycles. The van der Waals surface area contributed by atoms with E-state index in [9.17, 15) is 5.26 Å². The van der Waals surface area contributed by atoms with E-state index in [1.165, 1.54) is 0 Å². The Bertz CT molecular complexity index is 655. The van der Waals surface area contributed by atoms with Crippen LogP contribution in [0.15, 0.2) is 18.5 Å². The topological polar surface area (TPSA) is 50.8 Å². The van der Waals surface area contributed by atoms with Crippen LogP contribution in [0.2, 0.25) is 25.7 Å². The summed E-state index contributed by atoms with van der Waals surface area (Å²) in [4.78, 5) is 4.37. The first kappa shape index (κ1) is 15.5. The van der Waals surface area contributed by atoms with Crippen LogP contribution in [0.4, 0.5) is 0 Å². The zero-order chi connectivity index (χ0) is 14.8. The highest BCUT2D eigenvalue weighted by Crippen LogP contribution is 2.24. The summed E-state index contributed by atoms with van der Waals surface area (Å²) in [6.07, 6.45) is 3.60. The summed E-state index contributed by atoms with van der Waals surface area (Å²) in [7, 11) is -1.06. The monoisotopic (exact) mass is 399 g/mol. The molecule has 20 heavy (non-hydrogen) atoms. The van der Waals surface area contributed by atoms with Gasteiger partial charge in [-0.05, 0) is 28.7 Å². The van der Waals surface area contributed by atoms with Crippen molar-refractivity contribution < 1.29 is 4.74 Å². The zero-order valence-electron chi connectivity index (χ0n) is 12.0. The molecule has 0 fully saturated rings. The fourth-order valence-electron chi connectivity index (χ4n) is 1.90. The number of fused-ring (bicyclic) bond motifs is 1. The maximum atomic E-state index is 9.22. The van der Waals surface area contributed by atoms with Gasteiger partial charge in [-0.25, -0.2) is 4.98 Å². The van der Waals surface area contributed by atoms with Crippen molar-refractivity contribution in [2.45, 2.75) is 32.4 Å².